The van der Waals surface area contributed by atoms with Gasteiger partial charge in [0.15, 0.2) is 17.3 Å². The number of nitrogens with one attached hydrogen (secondary N) is 1. The van der Waals surface area contributed by atoms with E-state index in [2.05, 4.69) is 20.2 Å². The summed E-state index contributed by atoms with van der Waals surface area (Å²) in [5.41, 5.74) is 1.96. The Bertz CT molecular complexity index is 1160. The minimum absolute atomic E-state index is 0.0183. The van der Waals surface area contributed by atoms with Gasteiger partial charge in [-0.25, -0.2) is 18.7 Å². The third-order valence-corrected chi connectivity index (χ3v) is 6.16. The predicted octanol–water partition coefficient (Wildman–Crippen LogP) is 4.67. The first-order valence-corrected chi connectivity index (χ1v) is 12.3. The van der Waals surface area contributed by atoms with Gasteiger partial charge in [-0.15, -0.1) is 0 Å². The summed E-state index contributed by atoms with van der Waals surface area (Å²) in [6, 6.07) is 7.15. The van der Waals surface area contributed by atoms with Crippen LogP contribution in [-0.4, -0.2) is 61.4 Å². The van der Waals surface area contributed by atoms with Crippen LogP contribution in [0, 0.1) is 18.6 Å². The Labute approximate surface area is 215 Å². The highest BCUT2D eigenvalue weighted by atomic mass is 19.1. The quantitative estimate of drug-likeness (QED) is 0.396. The highest BCUT2D eigenvalue weighted by Crippen LogP contribution is 2.28. The molecule has 1 N–H and O–H groups in total. The fourth-order valence-electron chi connectivity index (χ4n) is 3.94. The highest BCUT2D eigenvalue weighted by Gasteiger charge is 2.19. The predicted molar refractivity (Wildman–Crippen MR) is 136 cm³/mol. The van der Waals surface area contributed by atoms with Crippen molar-refractivity contribution in [1.29, 1.82) is 0 Å². The lowest BCUT2D eigenvalue weighted by atomic mass is 10.1. The van der Waals surface area contributed by atoms with Crippen molar-refractivity contribution in [2.24, 2.45) is 0 Å². The molecule has 0 bridgehead atoms. The maximum Gasteiger partial charge on any atom is 0.227 e. The molecule has 1 fully saturated rings. The molecule has 0 spiro atoms. The Morgan fingerprint density at radius 2 is 1.78 bits per heavy atom. The van der Waals surface area contributed by atoms with Gasteiger partial charge in [0.1, 0.15) is 24.8 Å². The van der Waals surface area contributed by atoms with Crippen LogP contribution >= 0.6 is 0 Å². The van der Waals surface area contributed by atoms with Crippen molar-refractivity contribution in [3.8, 4) is 17.2 Å². The number of aromatic nitrogens is 2. The van der Waals surface area contributed by atoms with Gasteiger partial charge >= 0.3 is 0 Å². The summed E-state index contributed by atoms with van der Waals surface area (Å²) in [4.78, 5) is 10.8. The van der Waals surface area contributed by atoms with Crippen molar-refractivity contribution >= 4 is 11.6 Å². The van der Waals surface area contributed by atoms with Gasteiger partial charge in [0.25, 0.3) is 0 Å². The molecule has 1 saturated heterocycles. The Balaban J connectivity index is 1.35. The smallest absolute Gasteiger partial charge is 0.227 e. The van der Waals surface area contributed by atoms with Gasteiger partial charge in [0.2, 0.25) is 5.95 Å². The van der Waals surface area contributed by atoms with E-state index in [0.29, 0.717) is 24.5 Å². The number of benzene rings is 2. The summed E-state index contributed by atoms with van der Waals surface area (Å²) in [5.74, 6) is -0.0213. The maximum atomic E-state index is 14.7. The molecule has 1 aliphatic heterocycles. The Kier molecular flexibility index (Phi) is 9.08. The van der Waals surface area contributed by atoms with E-state index in [1.165, 1.54) is 25.6 Å². The molecule has 2 aromatic carbocycles. The van der Waals surface area contributed by atoms with E-state index in [0.717, 1.165) is 49.8 Å². The van der Waals surface area contributed by atoms with Crippen molar-refractivity contribution in [2.45, 2.75) is 26.9 Å². The fourth-order valence-corrected chi connectivity index (χ4v) is 3.94. The van der Waals surface area contributed by atoms with Crippen LogP contribution in [0.1, 0.15) is 23.6 Å². The normalized spacial score (nSPS) is 13.9. The first-order chi connectivity index (χ1) is 18.0. The van der Waals surface area contributed by atoms with E-state index in [4.69, 9.17) is 18.9 Å². The van der Waals surface area contributed by atoms with Gasteiger partial charge in [-0.2, -0.15) is 0 Å². The minimum atomic E-state index is -0.779. The van der Waals surface area contributed by atoms with Crippen LogP contribution in [0.15, 0.2) is 36.7 Å². The van der Waals surface area contributed by atoms with Crippen molar-refractivity contribution in [2.75, 3.05) is 51.9 Å². The SMILES string of the molecule is CCc1cc(OC)c(F)c(COc2cnc(Nc3ccc(C)c(OCCN4CCOCC4)c3)nc2)c1F. The van der Waals surface area contributed by atoms with Crippen LogP contribution in [0.4, 0.5) is 20.4 Å². The van der Waals surface area contributed by atoms with E-state index >= 15 is 0 Å². The zero-order valence-corrected chi connectivity index (χ0v) is 21.4. The summed E-state index contributed by atoms with van der Waals surface area (Å²) >= 11 is 0. The lowest BCUT2D eigenvalue weighted by Gasteiger charge is -2.26. The standard InChI is InChI=1S/C27H32F2N4O4/c1-4-19-13-24(34-3)26(29)22(25(19)28)17-37-21-15-30-27(31-16-21)32-20-6-5-18(2)23(14-20)36-12-9-33-7-10-35-11-8-33/h5-6,13-16H,4,7-12,17H2,1-3H3,(H,30,31,32). The number of aryl methyl sites for hydroxylation is 2. The van der Waals surface area contributed by atoms with E-state index in [9.17, 15) is 8.78 Å². The van der Waals surface area contributed by atoms with Gasteiger partial charge < -0.3 is 24.3 Å². The lowest BCUT2D eigenvalue weighted by molar-refractivity contribution is 0.0322. The number of anilines is 2. The number of morpholine rings is 1. The van der Waals surface area contributed by atoms with Crippen LogP contribution in [-0.2, 0) is 17.8 Å². The van der Waals surface area contributed by atoms with Gasteiger partial charge in [-0.3, -0.25) is 4.90 Å². The molecule has 3 aromatic rings. The molecule has 0 radical (unpaired) electrons. The van der Waals surface area contributed by atoms with E-state index in [1.54, 1.807) is 6.92 Å². The molecule has 0 atom stereocenters. The zero-order valence-electron chi connectivity index (χ0n) is 21.4. The van der Waals surface area contributed by atoms with E-state index in [1.807, 2.05) is 25.1 Å². The molecule has 1 aliphatic rings. The number of hydrogen-bond donors (Lipinski definition) is 1. The monoisotopic (exact) mass is 514 g/mol. The van der Waals surface area contributed by atoms with Gasteiger partial charge in [0, 0.05) is 31.4 Å². The Morgan fingerprint density at radius 3 is 2.49 bits per heavy atom. The van der Waals surface area contributed by atoms with Crippen molar-refractivity contribution in [1.82, 2.24) is 14.9 Å². The average molecular weight is 515 g/mol. The molecule has 4 rings (SSSR count). The van der Waals surface area contributed by atoms with Crippen LogP contribution in [0.2, 0.25) is 0 Å². The molecule has 0 amide bonds. The number of hydrogen-bond acceptors (Lipinski definition) is 8. The Hall–Kier alpha value is -3.50. The number of rotatable bonds is 11. The highest BCUT2D eigenvalue weighted by molar-refractivity contribution is 5.57. The average Bonchev–Trinajstić information content (AvgIpc) is 2.92. The number of methoxy groups -OCH3 is 1. The molecule has 0 unspecified atom stereocenters. The van der Waals surface area contributed by atoms with Crippen molar-refractivity contribution in [3.05, 3.63) is 65.0 Å². The second-order valence-electron chi connectivity index (χ2n) is 8.64. The summed E-state index contributed by atoms with van der Waals surface area (Å²) in [6.45, 7) is 8.25. The van der Waals surface area contributed by atoms with Crippen LogP contribution in [0.25, 0.3) is 0 Å². The second kappa shape index (κ2) is 12.6. The summed E-state index contributed by atoms with van der Waals surface area (Å²) in [7, 11) is 1.34. The molecule has 2 heterocycles. The van der Waals surface area contributed by atoms with Crippen LogP contribution in [0.3, 0.4) is 0 Å². The molecule has 8 nitrogen and oxygen atoms in total. The van der Waals surface area contributed by atoms with Gasteiger partial charge in [-0.1, -0.05) is 13.0 Å². The van der Waals surface area contributed by atoms with Gasteiger partial charge in [-0.05, 0) is 36.6 Å². The first-order valence-electron chi connectivity index (χ1n) is 12.3. The third-order valence-electron chi connectivity index (χ3n) is 6.16. The topological polar surface area (TPSA) is 78.0 Å². The zero-order chi connectivity index (χ0) is 26.2. The summed E-state index contributed by atoms with van der Waals surface area (Å²) in [5, 5.41) is 3.14. The molecule has 10 heteroatoms. The molecule has 37 heavy (non-hydrogen) atoms. The lowest BCUT2D eigenvalue weighted by Crippen LogP contribution is -2.38. The third kappa shape index (κ3) is 6.84. The number of halogens is 2. The summed E-state index contributed by atoms with van der Waals surface area (Å²) < 4.78 is 51.2. The second-order valence-corrected chi connectivity index (χ2v) is 8.64. The maximum absolute atomic E-state index is 14.7. The first kappa shape index (κ1) is 26.6. The largest absolute Gasteiger partial charge is 0.494 e. The number of nitrogens with zero attached hydrogens (tertiary/aromatic N) is 3. The Morgan fingerprint density at radius 1 is 1.03 bits per heavy atom. The molecular weight excluding hydrogens is 482 g/mol. The molecule has 0 aliphatic carbocycles. The van der Waals surface area contributed by atoms with Crippen molar-refractivity contribution < 1.29 is 27.7 Å². The minimum Gasteiger partial charge on any atom is -0.494 e. The van der Waals surface area contributed by atoms with Crippen LogP contribution < -0.4 is 19.5 Å². The number of ether oxygens (including phenoxy) is 4. The van der Waals surface area contributed by atoms with E-state index < -0.39 is 11.6 Å². The molecule has 1 aromatic heterocycles. The van der Waals surface area contributed by atoms with E-state index in [-0.39, 0.29) is 23.7 Å². The molecule has 0 saturated carbocycles. The molecular formula is C27H32F2N4O4. The van der Waals surface area contributed by atoms with Crippen LogP contribution in [0.5, 0.6) is 17.2 Å². The summed E-state index contributed by atoms with van der Waals surface area (Å²) in [6.07, 6.45) is 3.29. The fraction of sp³-hybridized carbons (Fsp3) is 0.407. The van der Waals surface area contributed by atoms with Gasteiger partial charge in [0.05, 0.1) is 38.3 Å². The molecule has 198 valence electrons. The van der Waals surface area contributed by atoms with Crippen molar-refractivity contribution in [3.63, 3.8) is 0 Å².